The Kier molecular flexibility index (Phi) is 5.73. The van der Waals surface area contributed by atoms with Crippen LogP contribution in [0.4, 0.5) is 11.4 Å². The van der Waals surface area contributed by atoms with Crippen molar-refractivity contribution in [1.82, 2.24) is 0 Å². The van der Waals surface area contributed by atoms with E-state index in [1.54, 1.807) is 14.2 Å². The number of para-hydroxylation sites is 2. The Morgan fingerprint density at radius 2 is 1.61 bits per heavy atom. The summed E-state index contributed by atoms with van der Waals surface area (Å²) in [6.07, 6.45) is 1.11. The van der Waals surface area contributed by atoms with E-state index in [4.69, 9.17) is 21.1 Å². The number of anilines is 2. The topological polar surface area (TPSA) is 59.6 Å². The van der Waals surface area contributed by atoms with Crippen LogP contribution in [0.5, 0.6) is 11.5 Å². The number of ketones is 1. The van der Waals surface area contributed by atoms with E-state index >= 15 is 0 Å². The lowest BCUT2D eigenvalue weighted by atomic mass is 9.78. The van der Waals surface area contributed by atoms with Crippen LogP contribution in [0.2, 0.25) is 5.02 Å². The number of carbonyl (C=O) groups excluding carboxylic acids is 1. The molecule has 0 spiro atoms. The number of rotatable bonds is 4. The molecule has 168 valence electrons. The third-order valence-electron chi connectivity index (χ3n) is 6.40. The molecule has 5 nitrogen and oxygen atoms in total. The molecule has 0 radical (unpaired) electrons. The first kappa shape index (κ1) is 21.4. The number of fused-ring (bicyclic) bond motifs is 1. The zero-order chi connectivity index (χ0) is 22.9. The minimum Gasteiger partial charge on any atom is -0.493 e. The second kappa shape index (κ2) is 8.83. The minimum atomic E-state index is -0.330. The SMILES string of the molecule is COc1ccc([C@@H]2CC(=O)C3=C(C2)Nc2ccccc2N[C@@H]3c2ccccc2Cl)cc1OC. The molecule has 0 amide bonds. The van der Waals surface area contributed by atoms with Crippen LogP contribution < -0.4 is 20.1 Å². The summed E-state index contributed by atoms with van der Waals surface area (Å²) in [6.45, 7) is 0. The maximum absolute atomic E-state index is 13.7. The van der Waals surface area contributed by atoms with Gasteiger partial charge in [0.2, 0.25) is 0 Å². The number of hydrogen-bond donors (Lipinski definition) is 2. The molecule has 0 fully saturated rings. The monoisotopic (exact) mass is 460 g/mol. The van der Waals surface area contributed by atoms with Crippen molar-refractivity contribution in [3.63, 3.8) is 0 Å². The van der Waals surface area contributed by atoms with Crippen molar-refractivity contribution >= 4 is 28.8 Å². The number of halogens is 1. The molecule has 0 saturated carbocycles. The summed E-state index contributed by atoms with van der Waals surface area (Å²) in [5, 5.41) is 7.77. The molecule has 0 aromatic heterocycles. The smallest absolute Gasteiger partial charge is 0.163 e. The van der Waals surface area contributed by atoms with Gasteiger partial charge < -0.3 is 20.1 Å². The largest absolute Gasteiger partial charge is 0.493 e. The zero-order valence-electron chi connectivity index (χ0n) is 18.5. The fourth-order valence-electron chi connectivity index (χ4n) is 4.78. The molecule has 0 unspecified atom stereocenters. The first-order valence-corrected chi connectivity index (χ1v) is 11.3. The molecular weight excluding hydrogens is 436 g/mol. The van der Waals surface area contributed by atoms with Gasteiger partial charge in [-0.2, -0.15) is 0 Å². The Labute approximate surface area is 198 Å². The van der Waals surface area contributed by atoms with Gasteiger partial charge in [0.1, 0.15) is 0 Å². The summed E-state index contributed by atoms with van der Waals surface area (Å²) in [7, 11) is 3.24. The van der Waals surface area contributed by atoms with Crippen molar-refractivity contribution in [3.05, 3.63) is 94.1 Å². The third kappa shape index (κ3) is 3.93. The van der Waals surface area contributed by atoms with Gasteiger partial charge in [-0.1, -0.05) is 48.0 Å². The molecule has 2 atom stereocenters. The van der Waals surface area contributed by atoms with Crippen LogP contribution in [0.25, 0.3) is 0 Å². The van der Waals surface area contributed by atoms with Crippen LogP contribution in [0, 0.1) is 0 Å². The zero-order valence-corrected chi connectivity index (χ0v) is 19.3. The molecule has 33 heavy (non-hydrogen) atoms. The summed E-state index contributed by atoms with van der Waals surface area (Å²) in [4.78, 5) is 13.7. The lowest BCUT2D eigenvalue weighted by molar-refractivity contribution is -0.116. The highest BCUT2D eigenvalue weighted by molar-refractivity contribution is 6.31. The number of allylic oxidation sites excluding steroid dienone is 1. The number of Topliss-reactive ketones (excluding diaryl/α,β-unsaturated/α-hetero) is 1. The number of nitrogens with one attached hydrogen (secondary N) is 2. The fourth-order valence-corrected chi connectivity index (χ4v) is 5.02. The maximum Gasteiger partial charge on any atom is 0.163 e. The van der Waals surface area contributed by atoms with Crippen LogP contribution >= 0.6 is 11.6 Å². The highest BCUT2D eigenvalue weighted by Crippen LogP contribution is 2.46. The molecule has 3 aromatic rings. The van der Waals surface area contributed by atoms with Crippen LogP contribution in [0.3, 0.4) is 0 Å². The maximum atomic E-state index is 13.7. The van der Waals surface area contributed by atoms with Crippen molar-refractivity contribution in [2.24, 2.45) is 0 Å². The van der Waals surface area contributed by atoms with Crippen LogP contribution in [-0.2, 0) is 4.79 Å². The Hall–Kier alpha value is -3.44. The normalized spacial score (nSPS) is 19.5. The summed E-state index contributed by atoms with van der Waals surface area (Å²) in [6, 6.07) is 21.2. The Bertz CT molecular complexity index is 1250. The quantitative estimate of drug-likeness (QED) is 0.476. The highest BCUT2D eigenvalue weighted by Gasteiger charge is 2.36. The standard InChI is InChI=1S/C27H25ClN2O3/c1-32-24-12-11-16(15-25(24)33-2)17-13-22-26(23(31)14-17)27(18-7-3-4-8-19(18)28)30-21-10-6-5-9-20(21)29-22/h3-12,15,17,27,29-30H,13-14H2,1-2H3/t17-,27+/m0/s1. The van der Waals surface area contributed by atoms with E-state index in [0.717, 1.165) is 33.8 Å². The van der Waals surface area contributed by atoms with Crippen LogP contribution in [-0.4, -0.2) is 20.0 Å². The molecule has 5 rings (SSSR count). The molecule has 6 heteroatoms. The molecule has 3 aromatic carbocycles. The summed E-state index contributed by atoms with van der Waals surface area (Å²) >= 11 is 6.58. The molecular formula is C27H25ClN2O3. The number of hydrogen-bond acceptors (Lipinski definition) is 5. The summed E-state index contributed by atoms with van der Waals surface area (Å²) in [5.41, 5.74) is 5.49. The average molecular weight is 461 g/mol. The highest BCUT2D eigenvalue weighted by atomic mass is 35.5. The second-order valence-corrected chi connectivity index (χ2v) is 8.71. The van der Waals surface area contributed by atoms with Gasteiger partial charge in [0.15, 0.2) is 17.3 Å². The van der Waals surface area contributed by atoms with Gasteiger partial charge >= 0.3 is 0 Å². The lowest BCUT2D eigenvalue weighted by Crippen LogP contribution is -2.27. The number of ether oxygens (including phenoxy) is 2. The van der Waals surface area contributed by atoms with Crippen molar-refractivity contribution in [2.75, 3.05) is 24.9 Å². The van der Waals surface area contributed by atoms with E-state index in [1.165, 1.54) is 0 Å². The predicted octanol–water partition coefficient (Wildman–Crippen LogP) is 6.34. The van der Waals surface area contributed by atoms with Crippen molar-refractivity contribution in [2.45, 2.75) is 24.8 Å². The van der Waals surface area contributed by atoms with Gasteiger partial charge in [-0.05, 0) is 53.8 Å². The molecule has 2 N–H and O–H groups in total. The van der Waals surface area contributed by atoms with E-state index < -0.39 is 0 Å². The Morgan fingerprint density at radius 3 is 2.36 bits per heavy atom. The molecule has 2 aliphatic rings. The van der Waals surface area contributed by atoms with Gasteiger partial charge in [0, 0.05) is 22.7 Å². The molecule has 1 heterocycles. The van der Waals surface area contributed by atoms with Gasteiger partial charge in [-0.3, -0.25) is 4.79 Å². The van der Waals surface area contributed by atoms with Gasteiger partial charge in [-0.15, -0.1) is 0 Å². The third-order valence-corrected chi connectivity index (χ3v) is 6.75. The van der Waals surface area contributed by atoms with Crippen molar-refractivity contribution < 1.29 is 14.3 Å². The Morgan fingerprint density at radius 1 is 0.879 bits per heavy atom. The molecule has 1 aliphatic heterocycles. The number of carbonyl (C=O) groups is 1. The fraction of sp³-hybridized carbons (Fsp3) is 0.222. The van der Waals surface area contributed by atoms with E-state index in [9.17, 15) is 4.79 Å². The van der Waals surface area contributed by atoms with Crippen LogP contribution in [0.15, 0.2) is 78.0 Å². The van der Waals surface area contributed by atoms with Crippen LogP contribution in [0.1, 0.15) is 35.9 Å². The Balaban J connectivity index is 1.59. The molecule has 0 saturated heterocycles. The van der Waals surface area contributed by atoms with Crippen molar-refractivity contribution in [3.8, 4) is 11.5 Å². The summed E-state index contributed by atoms with van der Waals surface area (Å²) in [5.74, 6) is 1.47. The van der Waals surface area contributed by atoms with E-state index in [2.05, 4.69) is 10.6 Å². The first-order chi connectivity index (χ1) is 16.1. The van der Waals surface area contributed by atoms with Crippen molar-refractivity contribution in [1.29, 1.82) is 0 Å². The minimum absolute atomic E-state index is 0.0284. The van der Waals surface area contributed by atoms with E-state index in [0.29, 0.717) is 29.4 Å². The predicted molar refractivity (Wildman–Crippen MR) is 131 cm³/mol. The van der Waals surface area contributed by atoms with Gasteiger partial charge in [0.05, 0.1) is 31.6 Å². The van der Waals surface area contributed by atoms with E-state index in [1.807, 2.05) is 66.7 Å². The summed E-state index contributed by atoms with van der Waals surface area (Å²) < 4.78 is 10.9. The van der Waals surface area contributed by atoms with E-state index in [-0.39, 0.29) is 17.7 Å². The van der Waals surface area contributed by atoms with Gasteiger partial charge in [0.25, 0.3) is 0 Å². The second-order valence-electron chi connectivity index (χ2n) is 8.30. The number of methoxy groups -OCH3 is 2. The molecule has 0 bridgehead atoms. The average Bonchev–Trinajstić information content (AvgIpc) is 3.00. The first-order valence-electron chi connectivity index (χ1n) is 10.9. The lowest BCUT2D eigenvalue weighted by Gasteiger charge is -2.30. The van der Waals surface area contributed by atoms with Gasteiger partial charge in [-0.25, -0.2) is 0 Å². The molecule has 1 aliphatic carbocycles. The number of benzene rings is 3.